The molecule has 0 atom stereocenters. The maximum absolute atomic E-state index is 13.6. The summed E-state index contributed by atoms with van der Waals surface area (Å²) in [6.07, 6.45) is 5.43. The van der Waals surface area contributed by atoms with Gasteiger partial charge in [-0.3, -0.25) is 4.79 Å². The first kappa shape index (κ1) is 21.3. The van der Waals surface area contributed by atoms with Crippen molar-refractivity contribution >= 4 is 12.0 Å². The molecule has 4 rings (SSSR count). The molecule has 1 amide bonds. The highest BCUT2D eigenvalue weighted by Crippen LogP contribution is 2.15. The first-order chi connectivity index (χ1) is 15.7. The van der Waals surface area contributed by atoms with Crippen LogP contribution in [0.4, 0.5) is 4.39 Å². The van der Waals surface area contributed by atoms with Crippen molar-refractivity contribution in [3.8, 4) is 0 Å². The van der Waals surface area contributed by atoms with Gasteiger partial charge in [0.25, 0.3) is 0 Å². The lowest BCUT2D eigenvalue weighted by Gasteiger charge is -2.23. The molecule has 3 aromatic carbocycles. The van der Waals surface area contributed by atoms with Gasteiger partial charge in [0.1, 0.15) is 5.82 Å². The summed E-state index contributed by atoms with van der Waals surface area (Å²) in [5, 5.41) is 0. The molecule has 1 aromatic heterocycles. The van der Waals surface area contributed by atoms with E-state index in [0.29, 0.717) is 19.6 Å². The summed E-state index contributed by atoms with van der Waals surface area (Å²) in [4.78, 5) is 15.0. The lowest BCUT2D eigenvalue weighted by atomic mass is 10.2. The highest BCUT2D eigenvalue weighted by atomic mass is 19.1. The van der Waals surface area contributed by atoms with E-state index in [1.165, 1.54) is 6.07 Å². The SMILES string of the molecule is O=C(/C=C/c1ccccc1)N(Cc1ccccc1)Cc1cccn1Cc1cccc(F)c1. The van der Waals surface area contributed by atoms with Crippen LogP contribution in [0, 0.1) is 5.82 Å². The predicted octanol–water partition coefficient (Wildman–Crippen LogP) is 5.92. The Balaban J connectivity index is 1.55. The largest absolute Gasteiger partial charge is 0.345 e. The number of benzene rings is 3. The molecule has 0 N–H and O–H groups in total. The van der Waals surface area contributed by atoms with Crippen molar-refractivity contribution in [2.45, 2.75) is 19.6 Å². The summed E-state index contributed by atoms with van der Waals surface area (Å²) in [7, 11) is 0. The molecule has 0 fully saturated rings. The third kappa shape index (κ3) is 5.82. The Labute approximate surface area is 188 Å². The number of hydrogen-bond acceptors (Lipinski definition) is 1. The number of rotatable bonds is 8. The Bertz CT molecular complexity index is 1180. The molecule has 32 heavy (non-hydrogen) atoms. The lowest BCUT2D eigenvalue weighted by molar-refractivity contribution is -0.127. The quantitative estimate of drug-likeness (QED) is 0.323. The fraction of sp³-hybridized carbons (Fsp3) is 0.107. The molecule has 1 heterocycles. The summed E-state index contributed by atoms with van der Waals surface area (Å²) >= 11 is 0. The van der Waals surface area contributed by atoms with Crippen LogP contribution in [0.15, 0.2) is 109 Å². The summed E-state index contributed by atoms with van der Waals surface area (Å²) in [6, 6.07) is 30.3. The van der Waals surface area contributed by atoms with Gasteiger partial charge in [-0.1, -0.05) is 72.8 Å². The maximum atomic E-state index is 13.6. The molecule has 160 valence electrons. The first-order valence-corrected chi connectivity index (χ1v) is 10.6. The van der Waals surface area contributed by atoms with E-state index < -0.39 is 0 Å². The number of nitrogens with zero attached hydrogens (tertiary/aromatic N) is 2. The minimum Gasteiger partial charge on any atom is -0.345 e. The zero-order chi connectivity index (χ0) is 22.2. The molecule has 0 aliphatic carbocycles. The van der Waals surface area contributed by atoms with Gasteiger partial charge in [0.05, 0.1) is 6.54 Å². The van der Waals surface area contributed by atoms with Crippen molar-refractivity contribution in [2.24, 2.45) is 0 Å². The molecule has 0 saturated heterocycles. The summed E-state index contributed by atoms with van der Waals surface area (Å²) in [5.41, 5.74) is 3.92. The highest BCUT2D eigenvalue weighted by molar-refractivity contribution is 5.91. The molecular weight excluding hydrogens is 399 g/mol. The Hall–Kier alpha value is -3.92. The van der Waals surface area contributed by atoms with Gasteiger partial charge in [-0.05, 0) is 47.0 Å². The van der Waals surface area contributed by atoms with Gasteiger partial charge >= 0.3 is 0 Å². The number of carbonyl (C=O) groups is 1. The van der Waals surface area contributed by atoms with Gasteiger partial charge in [0.2, 0.25) is 5.91 Å². The minimum atomic E-state index is -0.247. The predicted molar refractivity (Wildman–Crippen MR) is 126 cm³/mol. The molecule has 0 bridgehead atoms. The van der Waals surface area contributed by atoms with Gasteiger partial charge in [0.15, 0.2) is 0 Å². The molecule has 0 radical (unpaired) electrons. The molecule has 3 nitrogen and oxygen atoms in total. The number of aromatic nitrogens is 1. The summed E-state index contributed by atoms with van der Waals surface area (Å²) in [6.45, 7) is 1.51. The first-order valence-electron chi connectivity index (χ1n) is 10.6. The van der Waals surface area contributed by atoms with Crippen molar-refractivity contribution in [1.29, 1.82) is 0 Å². The average Bonchev–Trinajstić information content (AvgIpc) is 3.25. The fourth-order valence-electron chi connectivity index (χ4n) is 3.63. The van der Waals surface area contributed by atoms with Crippen molar-refractivity contribution in [2.75, 3.05) is 0 Å². The van der Waals surface area contributed by atoms with Crippen LogP contribution in [-0.2, 0) is 24.4 Å². The molecule has 0 aliphatic rings. The van der Waals surface area contributed by atoms with Gasteiger partial charge < -0.3 is 9.47 Å². The third-order valence-electron chi connectivity index (χ3n) is 5.26. The van der Waals surface area contributed by atoms with E-state index in [1.807, 2.05) is 96.0 Å². The van der Waals surface area contributed by atoms with Crippen LogP contribution < -0.4 is 0 Å². The highest BCUT2D eigenvalue weighted by Gasteiger charge is 2.15. The van der Waals surface area contributed by atoms with Crippen molar-refractivity contribution in [3.05, 3.63) is 138 Å². The standard InChI is InChI=1S/C28H25FN2O/c29-26-14-7-13-25(19-26)21-30-18-8-15-27(30)22-31(20-24-11-5-2-6-12-24)28(32)17-16-23-9-3-1-4-10-23/h1-19H,20-22H2/b17-16+. The van der Waals surface area contributed by atoms with E-state index in [0.717, 1.165) is 22.4 Å². The van der Waals surface area contributed by atoms with E-state index >= 15 is 0 Å². The van der Waals surface area contributed by atoms with Crippen LogP contribution in [0.5, 0.6) is 0 Å². The topological polar surface area (TPSA) is 25.2 Å². The molecule has 4 aromatic rings. The normalized spacial score (nSPS) is 11.0. The van der Waals surface area contributed by atoms with Crippen LogP contribution in [0.3, 0.4) is 0 Å². The van der Waals surface area contributed by atoms with Crippen molar-refractivity contribution < 1.29 is 9.18 Å². The number of carbonyl (C=O) groups excluding carboxylic acids is 1. The molecule has 0 spiro atoms. The monoisotopic (exact) mass is 424 g/mol. The molecule has 0 aliphatic heterocycles. The number of halogens is 1. The Morgan fingerprint density at radius 2 is 1.53 bits per heavy atom. The average molecular weight is 425 g/mol. The zero-order valence-corrected chi connectivity index (χ0v) is 17.8. The molecule has 0 unspecified atom stereocenters. The van der Waals surface area contributed by atoms with Crippen LogP contribution in [0.1, 0.15) is 22.4 Å². The van der Waals surface area contributed by atoms with E-state index in [2.05, 4.69) is 4.57 Å². The molecule has 4 heteroatoms. The van der Waals surface area contributed by atoms with Crippen LogP contribution >= 0.6 is 0 Å². The maximum Gasteiger partial charge on any atom is 0.247 e. The van der Waals surface area contributed by atoms with Crippen molar-refractivity contribution in [1.82, 2.24) is 9.47 Å². The van der Waals surface area contributed by atoms with Crippen LogP contribution in [-0.4, -0.2) is 15.4 Å². The second kappa shape index (κ2) is 10.4. The minimum absolute atomic E-state index is 0.0591. The van der Waals surface area contributed by atoms with E-state index in [4.69, 9.17) is 0 Å². The number of hydrogen-bond donors (Lipinski definition) is 0. The fourth-order valence-corrected chi connectivity index (χ4v) is 3.63. The van der Waals surface area contributed by atoms with E-state index in [9.17, 15) is 9.18 Å². The molecule has 0 saturated carbocycles. The van der Waals surface area contributed by atoms with E-state index in [-0.39, 0.29) is 11.7 Å². The second-order valence-corrected chi connectivity index (χ2v) is 7.68. The lowest BCUT2D eigenvalue weighted by Crippen LogP contribution is -2.29. The van der Waals surface area contributed by atoms with Gasteiger partial charge in [-0.25, -0.2) is 4.39 Å². The summed E-state index contributed by atoms with van der Waals surface area (Å²) < 4.78 is 15.7. The zero-order valence-electron chi connectivity index (χ0n) is 17.8. The Kier molecular flexibility index (Phi) is 6.93. The molecular formula is C28H25FN2O. The van der Waals surface area contributed by atoms with E-state index in [1.54, 1.807) is 18.2 Å². The van der Waals surface area contributed by atoms with Crippen molar-refractivity contribution in [3.63, 3.8) is 0 Å². The van der Waals surface area contributed by atoms with Crippen LogP contribution in [0.2, 0.25) is 0 Å². The second-order valence-electron chi connectivity index (χ2n) is 7.68. The smallest absolute Gasteiger partial charge is 0.247 e. The van der Waals surface area contributed by atoms with Crippen LogP contribution in [0.25, 0.3) is 6.08 Å². The van der Waals surface area contributed by atoms with Gasteiger partial charge in [0, 0.05) is 31.1 Å². The Morgan fingerprint density at radius 3 is 2.28 bits per heavy atom. The third-order valence-corrected chi connectivity index (χ3v) is 5.26. The number of amides is 1. The van der Waals surface area contributed by atoms with Gasteiger partial charge in [-0.2, -0.15) is 0 Å². The summed E-state index contributed by atoms with van der Waals surface area (Å²) in [5.74, 6) is -0.306. The Morgan fingerprint density at radius 1 is 0.812 bits per heavy atom. The van der Waals surface area contributed by atoms with Gasteiger partial charge in [-0.15, -0.1) is 0 Å².